The molecular formula is C17H15N3O3. The fourth-order valence-electron chi connectivity index (χ4n) is 2.19. The van der Waals surface area contributed by atoms with Gasteiger partial charge < -0.3 is 14.3 Å². The summed E-state index contributed by atoms with van der Waals surface area (Å²) in [4.78, 5) is 28.3. The van der Waals surface area contributed by atoms with E-state index in [0.717, 1.165) is 5.56 Å². The second kappa shape index (κ2) is 6.31. The Hall–Kier alpha value is -3.15. The molecule has 0 saturated carbocycles. The standard InChI is InChI=1S/C17H15N3O3/c1-20-8-2-4-13(17(20)22)16(21)19-11-12-6-7-18-14(10-12)15-5-3-9-23-15/h2-10H,11H2,1H3,(H,19,21). The molecule has 6 heteroatoms. The van der Waals surface area contributed by atoms with Crippen LogP contribution in [-0.4, -0.2) is 15.5 Å². The molecule has 6 nitrogen and oxygen atoms in total. The molecule has 0 unspecified atom stereocenters. The Kier molecular flexibility index (Phi) is 4.05. The van der Waals surface area contributed by atoms with Crippen molar-refractivity contribution in [2.45, 2.75) is 6.54 Å². The van der Waals surface area contributed by atoms with Crippen molar-refractivity contribution in [2.24, 2.45) is 7.05 Å². The Balaban J connectivity index is 1.73. The third-order valence-corrected chi connectivity index (χ3v) is 3.42. The third-order valence-electron chi connectivity index (χ3n) is 3.42. The van der Waals surface area contributed by atoms with Crippen LogP contribution in [0.3, 0.4) is 0 Å². The fourth-order valence-corrected chi connectivity index (χ4v) is 2.19. The summed E-state index contributed by atoms with van der Waals surface area (Å²) >= 11 is 0. The molecule has 116 valence electrons. The largest absolute Gasteiger partial charge is 0.463 e. The first-order chi connectivity index (χ1) is 11.1. The number of aryl methyl sites for hydroxylation is 1. The number of hydrogen-bond donors (Lipinski definition) is 1. The van der Waals surface area contributed by atoms with Gasteiger partial charge in [-0.05, 0) is 42.0 Å². The molecule has 0 saturated heterocycles. The molecule has 0 atom stereocenters. The van der Waals surface area contributed by atoms with E-state index in [9.17, 15) is 9.59 Å². The van der Waals surface area contributed by atoms with Crippen molar-refractivity contribution in [1.82, 2.24) is 14.9 Å². The average Bonchev–Trinajstić information content (AvgIpc) is 3.10. The van der Waals surface area contributed by atoms with E-state index in [1.807, 2.05) is 12.1 Å². The molecule has 0 aliphatic heterocycles. The van der Waals surface area contributed by atoms with Crippen LogP contribution in [0, 0.1) is 0 Å². The van der Waals surface area contributed by atoms with Crippen LogP contribution in [0.15, 0.2) is 64.3 Å². The lowest BCUT2D eigenvalue weighted by Crippen LogP contribution is -2.31. The zero-order chi connectivity index (χ0) is 16.2. The van der Waals surface area contributed by atoms with Crippen molar-refractivity contribution in [3.05, 3.63) is 76.5 Å². The number of hydrogen-bond acceptors (Lipinski definition) is 4. The summed E-state index contributed by atoms with van der Waals surface area (Å²) in [7, 11) is 1.61. The second-order valence-corrected chi connectivity index (χ2v) is 5.05. The molecule has 0 fully saturated rings. The normalized spacial score (nSPS) is 10.5. The van der Waals surface area contributed by atoms with E-state index in [1.165, 1.54) is 10.6 Å². The minimum absolute atomic E-state index is 0.121. The van der Waals surface area contributed by atoms with Gasteiger partial charge in [0.1, 0.15) is 11.3 Å². The number of furan rings is 1. The molecule has 0 spiro atoms. The minimum Gasteiger partial charge on any atom is -0.463 e. The second-order valence-electron chi connectivity index (χ2n) is 5.05. The highest BCUT2D eigenvalue weighted by Crippen LogP contribution is 2.17. The minimum atomic E-state index is -0.400. The maximum Gasteiger partial charge on any atom is 0.263 e. The van der Waals surface area contributed by atoms with Crippen LogP contribution >= 0.6 is 0 Å². The number of amides is 1. The van der Waals surface area contributed by atoms with Crippen LogP contribution in [0.5, 0.6) is 0 Å². The number of nitrogens with zero attached hydrogens (tertiary/aromatic N) is 2. The van der Waals surface area contributed by atoms with E-state index in [1.54, 1.807) is 43.9 Å². The van der Waals surface area contributed by atoms with Crippen molar-refractivity contribution in [1.29, 1.82) is 0 Å². The summed E-state index contributed by atoms with van der Waals surface area (Å²) in [6, 6.07) is 10.4. The maximum atomic E-state index is 12.1. The molecule has 3 rings (SSSR count). The number of rotatable bonds is 4. The molecule has 1 amide bonds. The molecule has 3 aromatic heterocycles. The van der Waals surface area contributed by atoms with Crippen LogP contribution in [0.1, 0.15) is 15.9 Å². The summed E-state index contributed by atoms with van der Waals surface area (Å²) < 4.78 is 6.68. The van der Waals surface area contributed by atoms with Gasteiger partial charge in [-0.3, -0.25) is 14.6 Å². The number of pyridine rings is 2. The van der Waals surface area contributed by atoms with Crippen molar-refractivity contribution in [3.63, 3.8) is 0 Å². The highest BCUT2D eigenvalue weighted by atomic mass is 16.3. The Labute approximate surface area is 132 Å². The van der Waals surface area contributed by atoms with Crippen LogP contribution < -0.4 is 10.9 Å². The zero-order valence-electron chi connectivity index (χ0n) is 12.5. The van der Waals surface area contributed by atoms with Gasteiger partial charge in [0.15, 0.2) is 5.76 Å². The van der Waals surface area contributed by atoms with E-state index in [4.69, 9.17) is 4.42 Å². The number of carbonyl (C=O) groups excluding carboxylic acids is 1. The van der Waals surface area contributed by atoms with Crippen molar-refractivity contribution in [2.75, 3.05) is 0 Å². The fraction of sp³-hybridized carbons (Fsp3) is 0.118. The monoisotopic (exact) mass is 309 g/mol. The molecule has 0 bridgehead atoms. The molecular weight excluding hydrogens is 294 g/mol. The van der Waals surface area contributed by atoms with Crippen LogP contribution in [0.25, 0.3) is 11.5 Å². The first-order valence-electron chi connectivity index (χ1n) is 7.08. The van der Waals surface area contributed by atoms with Gasteiger partial charge in [-0.25, -0.2) is 0 Å². The molecule has 0 aromatic carbocycles. The number of nitrogens with one attached hydrogen (secondary N) is 1. The van der Waals surface area contributed by atoms with Gasteiger partial charge in [0.05, 0.1) is 6.26 Å². The average molecular weight is 309 g/mol. The molecule has 23 heavy (non-hydrogen) atoms. The van der Waals surface area contributed by atoms with Gasteiger partial charge >= 0.3 is 0 Å². The summed E-state index contributed by atoms with van der Waals surface area (Å²) in [5.41, 5.74) is 1.36. The third kappa shape index (κ3) is 3.21. The molecule has 1 N–H and O–H groups in total. The lowest BCUT2D eigenvalue weighted by Gasteiger charge is -2.07. The highest BCUT2D eigenvalue weighted by Gasteiger charge is 2.11. The summed E-state index contributed by atoms with van der Waals surface area (Å²) in [5.74, 6) is 0.262. The molecule has 3 aromatic rings. The van der Waals surface area contributed by atoms with Gasteiger partial charge in [0, 0.05) is 26.0 Å². The van der Waals surface area contributed by atoms with E-state index < -0.39 is 5.91 Å². The number of carbonyl (C=O) groups is 1. The molecule has 3 heterocycles. The Bertz CT molecular complexity index is 882. The SMILES string of the molecule is Cn1cccc(C(=O)NCc2ccnc(-c3ccco3)c2)c1=O. The summed E-state index contributed by atoms with van der Waals surface area (Å²) in [6.07, 6.45) is 4.84. The highest BCUT2D eigenvalue weighted by molar-refractivity contribution is 5.93. The molecule has 0 radical (unpaired) electrons. The van der Waals surface area contributed by atoms with Gasteiger partial charge in [-0.2, -0.15) is 0 Å². The Morgan fingerprint density at radius 2 is 2.17 bits per heavy atom. The summed E-state index contributed by atoms with van der Waals surface area (Å²) in [6.45, 7) is 0.299. The molecule has 0 aliphatic carbocycles. The van der Waals surface area contributed by atoms with Crippen molar-refractivity contribution in [3.8, 4) is 11.5 Å². The zero-order valence-corrected chi connectivity index (χ0v) is 12.5. The lowest BCUT2D eigenvalue weighted by atomic mass is 10.2. The predicted molar refractivity (Wildman–Crippen MR) is 84.8 cm³/mol. The maximum absolute atomic E-state index is 12.1. The first-order valence-corrected chi connectivity index (χ1v) is 7.08. The number of aromatic nitrogens is 2. The van der Waals surface area contributed by atoms with Crippen LogP contribution in [0.4, 0.5) is 0 Å². The van der Waals surface area contributed by atoms with Crippen LogP contribution in [0.2, 0.25) is 0 Å². The Morgan fingerprint density at radius 3 is 2.96 bits per heavy atom. The lowest BCUT2D eigenvalue weighted by molar-refractivity contribution is 0.0949. The molecule has 0 aliphatic rings. The summed E-state index contributed by atoms with van der Waals surface area (Å²) in [5, 5.41) is 2.75. The van der Waals surface area contributed by atoms with E-state index >= 15 is 0 Å². The Morgan fingerprint density at radius 1 is 1.30 bits per heavy atom. The van der Waals surface area contributed by atoms with Gasteiger partial charge in [0.2, 0.25) is 0 Å². The van der Waals surface area contributed by atoms with Crippen molar-refractivity contribution >= 4 is 5.91 Å². The smallest absolute Gasteiger partial charge is 0.263 e. The predicted octanol–water partition coefficient (Wildman–Crippen LogP) is 1.97. The quantitative estimate of drug-likeness (QED) is 0.799. The van der Waals surface area contributed by atoms with Gasteiger partial charge in [-0.1, -0.05) is 0 Å². The van der Waals surface area contributed by atoms with E-state index in [2.05, 4.69) is 10.3 Å². The topological polar surface area (TPSA) is 77.1 Å². The van der Waals surface area contributed by atoms with Gasteiger partial charge in [-0.15, -0.1) is 0 Å². The van der Waals surface area contributed by atoms with Crippen LogP contribution in [-0.2, 0) is 13.6 Å². The first kappa shape index (κ1) is 14.8. The van der Waals surface area contributed by atoms with Gasteiger partial charge in [0.25, 0.3) is 11.5 Å². The van der Waals surface area contributed by atoms with E-state index in [-0.39, 0.29) is 11.1 Å². The van der Waals surface area contributed by atoms with Crippen molar-refractivity contribution < 1.29 is 9.21 Å². The van der Waals surface area contributed by atoms with E-state index in [0.29, 0.717) is 18.0 Å².